The standard InChI is InChI=1S/C28H37N3O3.H2/c1-27(2)21-28(13-15-34-27,23-9-5-4-6-10-23)12-14-30-26-20-29-19-25(31-26)22-8-7-11-24(18-22)33-17-16-32-3;/h4-6,8-10,18-20H,7,11-17,21H2,1-3H3,(H,30,31);1H. The minimum atomic E-state index is -0.128. The highest BCUT2D eigenvalue weighted by atomic mass is 16.5. The third-order valence-electron chi connectivity index (χ3n) is 6.71. The summed E-state index contributed by atoms with van der Waals surface area (Å²) < 4.78 is 17.0. The van der Waals surface area contributed by atoms with Crippen molar-refractivity contribution in [3.63, 3.8) is 0 Å². The lowest BCUT2D eigenvalue weighted by atomic mass is 9.67. The second-order valence-corrected chi connectivity index (χ2v) is 9.80. The number of aromatic nitrogens is 2. The van der Waals surface area contributed by atoms with Gasteiger partial charge in [0.05, 0.1) is 36.1 Å². The van der Waals surface area contributed by atoms with Crippen molar-refractivity contribution < 1.29 is 15.6 Å². The van der Waals surface area contributed by atoms with Gasteiger partial charge in [0.1, 0.15) is 12.4 Å². The third-order valence-corrected chi connectivity index (χ3v) is 6.71. The Labute approximate surface area is 204 Å². The molecule has 0 radical (unpaired) electrons. The van der Waals surface area contributed by atoms with Crippen molar-refractivity contribution in [2.45, 2.75) is 57.0 Å². The molecule has 184 valence electrons. The van der Waals surface area contributed by atoms with Crippen molar-refractivity contribution in [3.05, 3.63) is 71.9 Å². The SMILES string of the molecule is COCCOC1=CC(c2cncc(NCCC3(c4ccccc4)CCOC(C)(C)C3)n2)=CCC1.[HH]. The molecule has 34 heavy (non-hydrogen) atoms. The van der Waals surface area contributed by atoms with E-state index in [1.807, 2.05) is 6.20 Å². The molecule has 1 fully saturated rings. The largest absolute Gasteiger partial charge is 0.496 e. The van der Waals surface area contributed by atoms with E-state index in [-0.39, 0.29) is 12.4 Å². The van der Waals surface area contributed by atoms with E-state index in [1.165, 1.54) is 5.56 Å². The second kappa shape index (κ2) is 11.2. The first kappa shape index (κ1) is 24.4. The van der Waals surface area contributed by atoms with Crippen molar-refractivity contribution in [2.24, 2.45) is 0 Å². The Hall–Kier alpha value is -2.70. The van der Waals surface area contributed by atoms with Crippen LogP contribution in [0.25, 0.3) is 5.57 Å². The van der Waals surface area contributed by atoms with Crippen LogP contribution in [0.2, 0.25) is 0 Å². The molecule has 2 heterocycles. The summed E-state index contributed by atoms with van der Waals surface area (Å²) >= 11 is 0. The summed E-state index contributed by atoms with van der Waals surface area (Å²) in [4.78, 5) is 9.29. The lowest BCUT2D eigenvalue weighted by Crippen LogP contribution is -2.44. The minimum Gasteiger partial charge on any atom is -0.496 e. The molecule has 1 aliphatic heterocycles. The fraction of sp³-hybridized carbons (Fsp3) is 0.500. The molecule has 1 atom stereocenters. The van der Waals surface area contributed by atoms with E-state index in [2.05, 4.69) is 66.6 Å². The highest BCUT2D eigenvalue weighted by molar-refractivity contribution is 5.73. The van der Waals surface area contributed by atoms with Crippen molar-refractivity contribution in [1.29, 1.82) is 0 Å². The highest BCUT2D eigenvalue weighted by Crippen LogP contribution is 2.43. The first-order valence-corrected chi connectivity index (χ1v) is 12.3. The van der Waals surface area contributed by atoms with E-state index in [0.29, 0.717) is 13.2 Å². The maximum atomic E-state index is 6.06. The van der Waals surface area contributed by atoms with E-state index in [1.54, 1.807) is 13.3 Å². The first-order valence-electron chi connectivity index (χ1n) is 12.3. The van der Waals surface area contributed by atoms with Crippen LogP contribution in [0, 0.1) is 0 Å². The molecule has 6 nitrogen and oxygen atoms in total. The molecule has 1 aromatic heterocycles. The van der Waals surface area contributed by atoms with Gasteiger partial charge in [-0.15, -0.1) is 0 Å². The summed E-state index contributed by atoms with van der Waals surface area (Å²) in [7, 11) is 1.68. The molecule has 4 rings (SSSR count). The second-order valence-electron chi connectivity index (χ2n) is 9.80. The van der Waals surface area contributed by atoms with Gasteiger partial charge in [0.25, 0.3) is 0 Å². The van der Waals surface area contributed by atoms with E-state index < -0.39 is 0 Å². The fourth-order valence-electron chi connectivity index (χ4n) is 5.12. The van der Waals surface area contributed by atoms with Crippen LogP contribution >= 0.6 is 0 Å². The Morgan fingerprint density at radius 3 is 2.79 bits per heavy atom. The van der Waals surface area contributed by atoms with Crippen molar-refractivity contribution in [3.8, 4) is 0 Å². The van der Waals surface area contributed by atoms with E-state index in [9.17, 15) is 0 Å². The van der Waals surface area contributed by atoms with Gasteiger partial charge in [-0.05, 0) is 51.2 Å². The molecule has 0 spiro atoms. The quantitative estimate of drug-likeness (QED) is 0.449. The van der Waals surface area contributed by atoms with Gasteiger partial charge < -0.3 is 19.5 Å². The van der Waals surface area contributed by atoms with Crippen LogP contribution in [0.5, 0.6) is 0 Å². The van der Waals surface area contributed by atoms with Gasteiger partial charge >= 0.3 is 0 Å². The monoisotopic (exact) mass is 465 g/mol. The summed E-state index contributed by atoms with van der Waals surface area (Å²) in [5.41, 5.74) is 3.27. The smallest absolute Gasteiger partial charge is 0.145 e. The van der Waals surface area contributed by atoms with Crippen molar-refractivity contribution in [1.82, 2.24) is 9.97 Å². The lowest BCUT2D eigenvalue weighted by molar-refractivity contribution is -0.0835. The predicted molar refractivity (Wildman–Crippen MR) is 138 cm³/mol. The van der Waals surface area contributed by atoms with Crippen molar-refractivity contribution >= 4 is 11.4 Å². The van der Waals surface area contributed by atoms with Crippen LogP contribution in [-0.2, 0) is 19.6 Å². The minimum absolute atomic E-state index is 0. The van der Waals surface area contributed by atoms with Gasteiger partial charge in [0, 0.05) is 39.1 Å². The van der Waals surface area contributed by atoms with Gasteiger partial charge in [0.15, 0.2) is 0 Å². The average molecular weight is 466 g/mol. The number of benzene rings is 1. The zero-order valence-corrected chi connectivity index (χ0v) is 20.7. The maximum absolute atomic E-state index is 6.06. The topological polar surface area (TPSA) is 65.5 Å². The van der Waals surface area contributed by atoms with Gasteiger partial charge in [-0.2, -0.15) is 0 Å². The van der Waals surface area contributed by atoms with Gasteiger partial charge in [-0.1, -0.05) is 36.4 Å². The number of nitrogens with zero attached hydrogens (tertiary/aromatic N) is 2. The van der Waals surface area contributed by atoms with Crippen LogP contribution in [0.4, 0.5) is 5.82 Å². The predicted octanol–water partition coefficient (Wildman–Crippen LogP) is 5.78. The zero-order valence-electron chi connectivity index (χ0n) is 20.7. The van der Waals surface area contributed by atoms with E-state index >= 15 is 0 Å². The zero-order chi connectivity index (χ0) is 23.9. The molecule has 2 aromatic rings. The number of nitrogens with one attached hydrogen (secondary N) is 1. The van der Waals surface area contributed by atoms with E-state index in [0.717, 1.165) is 68.1 Å². The summed E-state index contributed by atoms with van der Waals surface area (Å²) in [5.74, 6) is 1.77. The number of rotatable bonds is 10. The van der Waals surface area contributed by atoms with E-state index in [4.69, 9.17) is 19.2 Å². The third kappa shape index (κ3) is 6.24. The van der Waals surface area contributed by atoms with Crippen LogP contribution in [0.15, 0.2) is 60.6 Å². The Balaban J connectivity index is 0.00000342. The molecular weight excluding hydrogens is 426 g/mol. The average Bonchev–Trinajstić information content (AvgIpc) is 2.85. The molecule has 0 saturated carbocycles. The molecule has 0 amide bonds. The Morgan fingerprint density at radius 1 is 1.15 bits per heavy atom. The van der Waals surface area contributed by atoms with Gasteiger partial charge in [-0.3, -0.25) is 4.98 Å². The first-order chi connectivity index (χ1) is 16.5. The summed E-state index contributed by atoms with van der Waals surface area (Å²) in [6, 6.07) is 10.9. The number of methoxy groups -OCH3 is 1. The Bertz CT molecular complexity index is 1010. The number of hydrogen-bond donors (Lipinski definition) is 1. The van der Waals surface area contributed by atoms with Crippen LogP contribution in [-0.4, -0.2) is 49.0 Å². The Kier molecular flexibility index (Phi) is 8.01. The molecule has 1 aliphatic carbocycles. The Morgan fingerprint density at radius 2 is 2.00 bits per heavy atom. The van der Waals surface area contributed by atoms with Crippen LogP contribution < -0.4 is 5.32 Å². The molecule has 2 aliphatic rings. The molecule has 6 heteroatoms. The van der Waals surface area contributed by atoms with Crippen LogP contribution in [0.3, 0.4) is 0 Å². The highest BCUT2D eigenvalue weighted by Gasteiger charge is 2.41. The normalized spacial score (nSPS) is 22.0. The van der Waals surface area contributed by atoms with Gasteiger partial charge in [-0.25, -0.2) is 4.98 Å². The van der Waals surface area contributed by atoms with Gasteiger partial charge in [0.2, 0.25) is 0 Å². The molecule has 1 saturated heterocycles. The summed E-state index contributed by atoms with van der Waals surface area (Å²) in [6.45, 7) is 7.16. The van der Waals surface area contributed by atoms with Crippen molar-refractivity contribution in [2.75, 3.05) is 38.8 Å². The molecule has 1 N–H and O–H groups in total. The maximum Gasteiger partial charge on any atom is 0.145 e. The summed E-state index contributed by atoms with van der Waals surface area (Å²) in [6.07, 6.45) is 12.8. The fourth-order valence-corrected chi connectivity index (χ4v) is 5.12. The lowest BCUT2D eigenvalue weighted by Gasteiger charge is -2.45. The summed E-state index contributed by atoms with van der Waals surface area (Å²) in [5, 5.41) is 3.54. The number of allylic oxidation sites excluding steroid dienone is 4. The molecular formula is C28H39N3O3. The molecule has 0 bridgehead atoms. The molecule has 1 aromatic carbocycles. The molecule has 1 unspecified atom stereocenters. The number of anilines is 1. The number of ether oxygens (including phenoxy) is 3. The van der Waals surface area contributed by atoms with Crippen LogP contribution in [0.1, 0.15) is 58.6 Å². The number of hydrogen-bond acceptors (Lipinski definition) is 6.